The van der Waals surface area contributed by atoms with Crippen LogP contribution in [0.4, 0.5) is 10.6 Å². The number of pyridine rings is 1. The summed E-state index contributed by atoms with van der Waals surface area (Å²) in [6, 6.07) is 4.28. The van der Waals surface area contributed by atoms with Gasteiger partial charge in [-0.2, -0.15) is 0 Å². The number of hydroxylamine groups is 3. The Kier molecular flexibility index (Phi) is 7.30. The third-order valence-corrected chi connectivity index (χ3v) is 8.04. The van der Waals surface area contributed by atoms with E-state index in [0.717, 1.165) is 42.2 Å². The van der Waals surface area contributed by atoms with E-state index in [1.165, 1.54) is 0 Å². The summed E-state index contributed by atoms with van der Waals surface area (Å²) in [6.45, 7) is 10.6. The zero-order chi connectivity index (χ0) is 26.2. The molecule has 0 aliphatic carbocycles. The fourth-order valence-electron chi connectivity index (χ4n) is 5.64. The van der Waals surface area contributed by atoms with Crippen molar-refractivity contribution in [3.05, 3.63) is 40.5 Å². The molecule has 0 radical (unpaired) electrons. The van der Waals surface area contributed by atoms with Crippen molar-refractivity contribution < 1.29 is 14.2 Å². The molecule has 3 atom stereocenters. The first-order valence-electron chi connectivity index (χ1n) is 13.2. The van der Waals surface area contributed by atoms with Gasteiger partial charge in [0, 0.05) is 50.7 Å². The van der Waals surface area contributed by atoms with Crippen molar-refractivity contribution in [1.29, 1.82) is 0 Å². The molecule has 1 aromatic rings. The first-order valence-corrected chi connectivity index (χ1v) is 14.5. The van der Waals surface area contributed by atoms with E-state index in [1.807, 2.05) is 51.6 Å². The summed E-state index contributed by atoms with van der Waals surface area (Å²) in [6.07, 6.45) is 7.70. The zero-order valence-electron chi connectivity index (χ0n) is 22.4. The molecule has 0 saturated carbocycles. The number of anilines is 1. The van der Waals surface area contributed by atoms with Crippen LogP contribution < -0.4 is 10.2 Å². The second-order valence-electron chi connectivity index (χ2n) is 11.4. The molecule has 5 heterocycles. The van der Waals surface area contributed by atoms with Crippen LogP contribution in [0.25, 0.3) is 0 Å². The molecule has 0 bridgehead atoms. The maximum Gasteiger partial charge on any atom is 0.410 e. The number of carbonyl (C=O) groups is 1. The van der Waals surface area contributed by atoms with Crippen LogP contribution in [0.1, 0.15) is 39.2 Å². The maximum absolute atomic E-state index is 14.1. The number of carbonyl (C=O) groups excluding carboxylic acids is 1. The van der Waals surface area contributed by atoms with E-state index >= 15 is 0 Å². The Morgan fingerprint density at radius 2 is 2.03 bits per heavy atom. The van der Waals surface area contributed by atoms with Crippen LogP contribution in [0.5, 0.6) is 0 Å². The van der Waals surface area contributed by atoms with Gasteiger partial charge in [0.2, 0.25) is 0 Å². The number of fused-ring (bicyclic) bond motifs is 2. The van der Waals surface area contributed by atoms with Gasteiger partial charge in [-0.05, 0) is 52.0 Å². The molecule has 0 spiro atoms. The monoisotopic (exact) mass is 529 g/mol. The van der Waals surface area contributed by atoms with E-state index in [4.69, 9.17) is 9.72 Å². The first kappa shape index (κ1) is 26.1. The molecule has 0 aromatic carbocycles. The van der Waals surface area contributed by atoms with Crippen molar-refractivity contribution in [3.63, 3.8) is 0 Å². The molecule has 2 unspecified atom stereocenters. The number of quaternary nitrogens is 1. The van der Waals surface area contributed by atoms with Crippen LogP contribution in [0, 0.1) is 5.21 Å². The average Bonchev–Trinajstić information content (AvgIpc) is 3.26. The van der Waals surface area contributed by atoms with Crippen molar-refractivity contribution in [2.24, 2.45) is 4.99 Å². The second-order valence-corrected chi connectivity index (χ2v) is 12.3. The van der Waals surface area contributed by atoms with Crippen molar-refractivity contribution in [2.45, 2.75) is 57.3 Å². The molecule has 4 aliphatic heterocycles. The van der Waals surface area contributed by atoms with Crippen LogP contribution in [-0.2, 0) is 11.3 Å². The van der Waals surface area contributed by atoms with Gasteiger partial charge in [-0.25, -0.2) is 9.78 Å². The Labute approximate surface area is 223 Å². The predicted molar refractivity (Wildman–Crippen MR) is 147 cm³/mol. The summed E-state index contributed by atoms with van der Waals surface area (Å²) < 4.78 is 5.20. The van der Waals surface area contributed by atoms with Crippen LogP contribution in [0.15, 0.2) is 34.7 Å². The average molecular weight is 530 g/mol. The summed E-state index contributed by atoms with van der Waals surface area (Å²) >= 11 is 1.67. The van der Waals surface area contributed by atoms with Gasteiger partial charge in [0.1, 0.15) is 30.3 Å². The minimum Gasteiger partial charge on any atom is -0.632 e. The van der Waals surface area contributed by atoms with E-state index in [9.17, 15) is 10.0 Å². The fraction of sp³-hybridized carbons (Fsp3) is 0.654. The smallest absolute Gasteiger partial charge is 0.410 e. The summed E-state index contributed by atoms with van der Waals surface area (Å²) in [5, 5.41) is 17.7. The van der Waals surface area contributed by atoms with Crippen molar-refractivity contribution in [1.82, 2.24) is 20.1 Å². The Morgan fingerprint density at radius 3 is 2.70 bits per heavy atom. The number of hydrogen-bond donors (Lipinski definition) is 1. The number of ether oxygens (including phenoxy) is 1. The lowest BCUT2D eigenvalue weighted by atomic mass is 10.1. The molecule has 11 heteroatoms. The quantitative estimate of drug-likeness (QED) is 0.470. The number of amides is 1. The molecule has 10 nitrogen and oxygen atoms in total. The molecule has 1 aromatic heterocycles. The van der Waals surface area contributed by atoms with Crippen molar-refractivity contribution in [3.8, 4) is 0 Å². The molecular weight excluding hydrogens is 490 g/mol. The molecule has 2 fully saturated rings. The van der Waals surface area contributed by atoms with Crippen molar-refractivity contribution in [2.75, 3.05) is 57.0 Å². The highest BCUT2D eigenvalue weighted by Crippen LogP contribution is 2.33. The number of hydrogen-bond acceptors (Lipinski definition) is 9. The third-order valence-electron chi connectivity index (χ3n) is 7.35. The summed E-state index contributed by atoms with van der Waals surface area (Å²) in [5.41, 5.74) is 1.47. The van der Waals surface area contributed by atoms with Gasteiger partial charge < -0.3 is 34.6 Å². The number of nitrogens with one attached hydrogen (secondary N) is 1. The number of aliphatic imine (C=N–C) groups is 1. The molecule has 1 N–H and O–H groups in total. The number of aromatic nitrogens is 1. The van der Waals surface area contributed by atoms with E-state index in [-0.39, 0.29) is 22.3 Å². The molecule has 2 saturated heterocycles. The molecule has 1 amide bonds. The Balaban J connectivity index is 1.23. The summed E-state index contributed by atoms with van der Waals surface area (Å²) in [4.78, 5) is 28.0. The van der Waals surface area contributed by atoms with Gasteiger partial charge in [0.25, 0.3) is 0 Å². The minimum atomic E-state index is -0.494. The maximum atomic E-state index is 14.1. The van der Waals surface area contributed by atoms with E-state index < -0.39 is 5.60 Å². The summed E-state index contributed by atoms with van der Waals surface area (Å²) in [5.74, 6) is 1.98. The van der Waals surface area contributed by atoms with Gasteiger partial charge in [0.15, 0.2) is 5.50 Å². The fourth-order valence-corrected chi connectivity index (χ4v) is 6.05. The lowest BCUT2D eigenvalue weighted by Crippen LogP contribution is -2.50. The highest BCUT2D eigenvalue weighted by molar-refractivity contribution is 7.99. The third kappa shape index (κ3) is 5.99. The molecule has 37 heavy (non-hydrogen) atoms. The minimum absolute atomic E-state index is 0.00870. The van der Waals surface area contributed by atoms with E-state index in [0.29, 0.717) is 45.8 Å². The van der Waals surface area contributed by atoms with E-state index in [1.54, 1.807) is 16.7 Å². The van der Waals surface area contributed by atoms with Gasteiger partial charge in [-0.15, -0.1) is 11.8 Å². The second kappa shape index (κ2) is 10.3. The molecule has 5 rings (SSSR count). The standard InChI is InChI=1S/C26H39N7O3S/c1-26(2,3)36-25(34)31-12-10-30(11-13-31)22-8-7-19(14-27-22)16-33(35)17-20-15-28-24(37-4)29-23(20)32-9-5-6-21(32)18-33/h7-8,14-15,21,24,29H,5-6,9-13,16-18H2,1-4H3/t21?,24-,33?/m0/s1. The van der Waals surface area contributed by atoms with Gasteiger partial charge in [-0.3, -0.25) is 4.99 Å². The lowest BCUT2D eigenvalue weighted by molar-refractivity contribution is -0.890. The first-order chi connectivity index (χ1) is 17.6. The SMILES string of the molecule is CS[C@H]1N=CC2=C(N1)N1CCCC1C[N+]([O-])(Cc1ccc(N3CCN(C(=O)OC(C)(C)C)CC3)nc1)C2. The van der Waals surface area contributed by atoms with E-state index in [2.05, 4.69) is 20.1 Å². The van der Waals surface area contributed by atoms with Gasteiger partial charge >= 0.3 is 6.09 Å². The predicted octanol–water partition coefficient (Wildman–Crippen LogP) is 2.96. The van der Waals surface area contributed by atoms with Gasteiger partial charge in [0.05, 0.1) is 18.2 Å². The zero-order valence-corrected chi connectivity index (χ0v) is 23.2. The summed E-state index contributed by atoms with van der Waals surface area (Å²) in [7, 11) is 0. The molecule has 4 aliphatic rings. The van der Waals surface area contributed by atoms with Crippen LogP contribution in [-0.4, -0.2) is 101 Å². The Bertz CT molecular complexity index is 1050. The Hall–Kier alpha value is -2.50. The molecular formula is C26H39N7O3S. The molecule has 202 valence electrons. The van der Waals surface area contributed by atoms with Crippen LogP contribution in [0.3, 0.4) is 0 Å². The number of piperazine rings is 1. The van der Waals surface area contributed by atoms with Gasteiger partial charge in [-0.1, -0.05) is 0 Å². The van der Waals surface area contributed by atoms with Crippen molar-refractivity contribution >= 4 is 29.9 Å². The Morgan fingerprint density at radius 1 is 1.24 bits per heavy atom. The highest BCUT2D eigenvalue weighted by atomic mass is 32.2. The van der Waals surface area contributed by atoms with Crippen LogP contribution in [0.2, 0.25) is 0 Å². The normalized spacial score (nSPS) is 28.0. The number of thioether (sulfide) groups is 1. The largest absolute Gasteiger partial charge is 0.632 e. The number of rotatable bonds is 4. The topological polar surface area (TPSA) is 96.4 Å². The highest BCUT2D eigenvalue weighted by Gasteiger charge is 2.39. The van der Waals surface area contributed by atoms with Crippen LogP contribution >= 0.6 is 11.8 Å². The lowest BCUT2D eigenvalue weighted by Gasteiger charge is -2.43. The number of nitrogens with zero attached hydrogens (tertiary/aromatic N) is 6.